The third-order valence-corrected chi connectivity index (χ3v) is 4.13. The molecular weight excluding hydrogens is 437 g/mol. The highest BCUT2D eigenvalue weighted by Crippen LogP contribution is 2.30. The van der Waals surface area contributed by atoms with Gasteiger partial charge in [-0.25, -0.2) is 0 Å². The first-order valence-corrected chi connectivity index (χ1v) is 8.45. The first-order chi connectivity index (χ1) is 11.3. The number of halogens is 1. The summed E-state index contributed by atoms with van der Waals surface area (Å²) in [4.78, 5) is 5.60. The Kier molecular flexibility index (Phi) is 9.55. The molecule has 0 amide bonds. The van der Waals surface area contributed by atoms with Gasteiger partial charge in [-0.2, -0.15) is 0 Å². The van der Waals surface area contributed by atoms with Gasteiger partial charge in [-0.05, 0) is 36.9 Å². The van der Waals surface area contributed by atoms with Gasteiger partial charge in [0.15, 0.2) is 17.5 Å². The van der Waals surface area contributed by atoms with Crippen LogP contribution in [0.2, 0.25) is 0 Å². The first kappa shape index (κ1) is 20.6. The molecule has 0 fully saturated rings. The van der Waals surface area contributed by atoms with E-state index in [1.54, 1.807) is 25.5 Å². The number of ether oxygens (including phenoxy) is 2. The van der Waals surface area contributed by atoms with Crippen molar-refractivity contribution in [2.45, 2.75) is 13.3 Å². The number of guanidine groups is 1. The fourth-order valence-corrected chi connectivity index (χ4v) is 2.80. The summed E-state index contributed by atoms with van der Waals surface area (Å²) < 4.78 is 10.9. The van der Waals surface area contributed by atoms with Crippen LogP contribution in [0.25, 0.3) is 0 Å². The average molecular weight is 461 g/mol. The standard InChI is InChI=1S/C17H23N3O2S.HI/c1-4-22-15-8-7-13(12-16(15)21-3)20-17(18-2)19-10-9-14-6-5-11-23-14;/h5-8,11-12H,4,9-10H2,1-3H3,(H2,18,19,20);1H. The topological polar surface area (TPSA) is 54.9 Å². The van der Waals surface area contributed by atoms with Crippen molar-refractivity contribution in [1.29, 1.82) is 0 Å². The third kappa shape index (κ3) is 6.20. The second-order valence-corrected chi connectivity index (χ2v) is 5.78. The molecule has 5 nitrogen and oxygen atoms in total. The molecule has 2 N–H and O–H groups in total. The Bertz CT molecular complexity index is 633. The highest BCUT2D eigenvalue weighted by Gasteiger charge is 2.06. The molecule has 0 aliphatic rings. The molecule has 0 aliphatic carbocycles. The molecule has 24 heavy (non-hydrogen) atoms. The number of hydrogen-bond donors (Lipinski definition) is 2. The largest absolute Gasteiger partial charge is 0.493 e. The van der Waals surface area contributed by atoms with Gasteiger partial charge in [0.2, 0.25) is 0 Å². The van der Waals surface area contributed by atoms with E-state index in [9.17, 15) is 0 Å². The Hall–Kier alpha value is -1.48. The van der Waals surface area contributed by atoms with Gasteiger partial charge in [0.25, 0.3) is 0 Å². The van der Waals surface area contributed by atoms with Crippen LogP contribution < -0.4 is 20.1 Å². The zero-order valence-corrected chi connectivity index (χ0v) is 17.3. The lowest BCUT2D eigenvalue weighted by atomic mass is 10.2. The van der Waals surface area contributed by atoms with Crippen LogP contribution in [0, 0.1) is 0 Å². The first-order valence-electron chi connectivity index (χ1n) is 7.57. The van der Waals surface area contributed by atoms with E-state index >= 15 is 0 Å². The molecule has 7 heteroatoms. The van der Waals surface area contributed by atoms with E-state index < -0.39 is 0 Å². The minimum atomic E-state index is 0. The fourth-order valence-electron chi connectivity index (χ4n) is 2.09. The van der Waals surface area contributed by atoms with Crippen molar-refractivity contribution in [2.75, 3.05) is 32.6 Å². The summed E-state index contributed by atoms with van der Waals surface area (Å²) in [5.41, 5.74) is 0.898. The lowest BCUT2D eigenvalue weighted by molar-refractivity contribution is 0.311. The van der Waals surface area contributed by atoms with Crippen LogP contribution >= 0.6 is 35.3 Å². The van der Waals surface area contributed by atoms with E-state index in [4.69, 9.17) is 9.47 Å². The summed E-state index contributed by atoms with van der Waals surface area (Å²) in [7, 11) is 3.39. The maximum absolute atomic E-state index is 5.52. The average Bonchev–Trinajstić information content (AvgIpc) is 3.08. The lowest BCUT2D eigenvalue weighted by Gasteiger charge is -2.14. The molecule has 1 heterocycles. The van der Waals surface area contributed by atoms with Gasteiger partial charge in [0.05, 0.1) is 13.7 Å². The second kappa shape index (κ2) is 11.1. The summed E-state index contributed by atoms with van der Waals surface area (Å²) in [6.07, 6.45) is 0.977. The van der Waals surface area contributed by atoms with Crippen molar-refractivity contribution in [2.24, 2.45) is 4.99 Å². The number of thiophene rings is 1. The molecule has 0 bridgehead atoms. The number of nitrogens with zero attached hydrogens (tertiary/aromatic N) is 1. The summed E-state index contributed by atoms with van der Waals surface area (Å²) in [5.74, 6) is 2.17. The molecule has 132 valence electrons. The molecule has 0 aliphatic heterocycles. The number of nitrogens with one attached hydrogen (secondary N) is 2. The van der Waals surface area contributed by atoms with Gasteiger partial charge in [0.1, 0.15) is 0 Å². The Morgan fingerprint density at radius 2 is 2.08 bits per heavy atom. The van der Waals surface area contributed by atoms with Gasteiger partial charge >= 0.3 is 0 Å². The van der Waals surface area contributed by atoms with Crippen LogP contribution in [0.15, 0.2) is 40.7 Å². The predicted octanol–water partition coefficient (Wildman–Crippen LogP) is 4.00. The van der Waals surface area contributed by atoms with Crippen LogP contribution in [0.1, 0.15) is 11.8 Å². The highest BCUT2D eigenvalue weighted by molar-refractivity contribution is 14.0. The van der Waals surface area contributed by atoms with Crippen molar-refractivity contribution < 1.29 is 9.47 Å². The van der Waals surface area contributed by atoms with Gasteiger partial charge < -0.3 is 20.1 Å². The van der Waals surface area contributed by atoms with Crippen molar-refractivity contribution in [3.63, 3.8) is 0 Å². The van der Waals surface area contributed by atoms with Crippen molar-refractivity contribution in [3.8, 4) is 11.5 Å². The third-order valence-electron chi connectivity index (χ3n) is 3.19. The minimum absolute atomic E-state index is 0. The van der Waals surface area contributed by atoms with Crippen molar-refractivity contribution in [3.05, 3.63) is 40.6 Å². The number of hydrogen-bond acceptors (Lipinski definition) is 4. The Balaban J connectivity index is 0.00000288. The van der Waals surface area contributed by atoms with E-state index in [0.29, 0.717) is 12.4 Å². The number of methoxy groups -OCH3 is 1. The van der Waals surface area contributed by atoms with E-state index in [0.717, 1.165) is 30.4 Å². The van der Waals surface area contributed by atoms with Gasteiger partial charge in [-0.3, -0.25) is 4.99 Å². The molecule has 0 unspecified atom stereocenters. The number of aliphatic imine (C=N–C) groups is 1. The molecule has 1 aromatic heterocycles. The van der Waals surface area contributed by atoms with Gasteiger partial charge in [0, 0.05) is 30.2 Å². The number of rotatable bonds is 7. The maximum atomic E-state index is 5.52. The summed E-state index contributed by atoms with van der Waals surface area (Å²) in [6, 6.07) is 9.94. The molecule has 0 saturated heterocycles. The molecule has 0 spiro atoms. The van der Waals surface area contributed by atoms with E-state index in [2.05, 4.69) is 33.1 Å². The fraction of sp³-hybridized carbons (Fsp3) is 0.353. The number of benzene rings is 1. The lowest BCUT2D eigenvalue weighted by Crippen LogP contribution is -2.32. The molecule has 0 atom stereocenters. The quantitative estimate of drug-likeness (QED) is 0.372. The Morgan fingerprint density at radius 1 is 1.25 bits per heavy atom. The molecule has 2 rings (SSSR count). The molecule has 2 aromatic rings. The van der Waals surface area contributed by atoms with Crippen LogP contribution in [0.3, 0.4) is 0 Å². The van der Waals surface area contributed by atoms with Crippen molar-refractivity contribution in [1.82, 2.24) is 5.32 Å². The zero-order chi connectivity index (χ0) is 16.5. The van der Waals surface area contributed by atoms with E-state index in [1.165, 1.54) is 4.88 Å². The van der Waals surface area contributed by atoms with Crippen LogP contribution in [-0.4, -0.2) is 33.3 Å². The maximum Gasteiger partial charge on any atom is 0.195 e. The summed E-state index contributed by atoms with van der Waals surface area (Å²) in [6.45, 7) is 3.38. The minimum Gasteiger partial charge on any atom is -0.493 e. The van der Waals surface area contributed by atoms with E-state index in [1.807, 2.05) is 25.1 Å². The Morgan fingerprint density at radius 3 is 2.71 bits per heavy atom. The summed E-state index contributed by atoms with van der Waals surface area (Å²) >= 11 is 1.77. The van der Waals surface area contributed by atoms with Crippen LogP contribution in [0.5, 0.6) is 11.5 Å². The van der Waals surface area contributed by atoms with E-state index in [-0.39, 0.29) is 24.0 Å². The highest BCUT2D eigenvalue weighted by atomic mass is 127. The van der Waals surface area contributed by atoms with Gasteiger partial charge in [-0.1, -0.05) is 6.07 Å². The van der Waals surface area contributed by atoms with Crippen molar-refractivity contribution >= 4 is 47.0 Å². The number of anilines is 1. The zero-order valence-electron chi connectivity index (χ0n) is 14.2. The second-order valence-electron chi connectivity index (χ2n) is 4.75. The molecule has 1 aromatic carbocycles. The van der Waals surface area contributed by atoms with Gasteiger partial charge in [-0.15, -0.1) is 35.3 Å². The monoisotopic (exact) mass is 461 g/mol. The molecular formula is C17H24IN3O2S. The Labute approximate surface area is 164 Å². The predicted molar refractivity (Wildman–Crippen MR) is 113 cm³/mol. The summed E-state index contributed by atoms with van der Waals surface area (Å²) in [5, 5.41) is 8.66. The normalized spacial score (nSPS) is 10.7. The van der Waals surface area contributed by atoms with Crippen LogP contribution in [-0.2, 0) is 6.42 Å². The molecule has 0 saturated carbocycles. The molecule has 0 radical (unpaired) electrons. The SMILES string of the molecule is CCOc1ccc(NC(=NC)NCCc2cccs2)cc1OC.I. The van der Waals surface area contributed by atoms with Crippen LogP contribution in [0.4, 0.5) is 5.69 Å². The smallest absolute Gasteiger partial charge is 0.195 e.